The minimum Gasteiger partial charge on any atom is -0.352 e. The van der Waals surface area contributed by atoms with Gasteiger partial charge in [-0.15, -0.1) is 0 Å². The van der Waals surface area contributed by atoms with Gasteiger partial charge in [0.2, 0.25) is 5.91 Å². The Morgan fingerprint density at radius 1 is 0.966 bits per heavy atom. The Bertz CT molecular complexity index is 1030. The molecule has 152 valence electrons. The number of rotatable bonds is 6. The first-order valence-electron chi connectivity index (χ1n) is 10.4. The summed E-state index contributed by atoms with van der Waals surface area (Å²) in [5, 5.41) is 3.14. The molecule has 1 saturated heterocycles. The molecular formula is C23H28N4O2. The number of likely N-dealkylation sites (tertiary alicyclic amines) is 1. The lowest BCUT2D eigenvalue weighted by atomic mass is 10.0. The number of benzene rings is 2. The fourth-order valence-corrected chi connectivity index (χ4v) is 4.22. The van der Waals surface area contributed by atoms with Crippen molar-refractivity contribution in [3.05, 3.63) is 70.6 Å². The standard InChI is InChI=1S/C23H28N4O2/c1-2-26-20-10-6-7-11-21(20)27(23(26)29)17-22(28)24-19-12-14-25(15-13-19)16-18-8-4-3-5-9-18/h3-11,19H,2,12-17H2,1H3,(H,24,28). The van der Waals surface area contributed by atoms with E-state index in [4.69, 9.17) is 0 Å². The highest BCUT2D eigenvalue weighted by Crippen LogP contribution is 2.15. The monoisotopic (exact) mass is 392 g/mol. The second kappa shape index (κ2) is 8.66. The van der Waals surface area contributed by atoms with Crippen molar-refractivity contribution in [2.75, 3.05) is 13.1 Å². The van der Waals surface area contributed by atoms with Crippen LogP contribution in [0.4, 0.5) is 0 Å². The van der Waals surface area contributed by atoms with Gasteiger partial charge in [0.25, 0.3) is 0 Å². The Labute approximate surface area is 170 Å². The van der Waals surface area contributed by atoms with E-state index >= 15 is 0 Å². The Hall–Kier alpha value is -2.86. The van der Waals surface area contributed by atoms with Gasteiger partial charge in [0.15, 0.2) is 0 Å². The molecule has 2 heterocycles. The van der Waals surface area contributed by atoms with Crippen molar-refractivity contribution in [3.63, 3.8) is 0 Å². The van der Waals surface area contributed by atoms with E-state index < -0.39 is 0 Å². The van der Waals surface area contributed by atoms with Gasteiger partial charge in [-0.1, -0.05) is 42.5 Å². The molecule has 0 radical (unpaired) electrons. The molecule has 0 aliphatic carbocycles. The minimum absolute atomic E-state index is 0.0660. The Balaban J connectivity index is 1.35. The van der Waals surface area contributed by atoms with Crippen molar-refractivity contribution in [1.29, 1.82) is 0 Å². The van der Waals surface area contributed by atoms with Gasteiger partial charge in [0.1, 0.15) is 6.54 Å². The number of hydrogen-bond donors (Lipinski definition) is 1. The lowest BCUT2D eigenvalue weighted by molar-refractivity contribution is -0.122. The molecule has 1 fully saturated rings. The van der Waals surface area contributed by atoms with Crippen LogP contribution in [-0.2, 0) is 24.4 Å². The summed E-state index contributed by atoms with van der Waals surface area (Å²) in [4.78, 5) is 27.8. The van der Waals surface area contributed by atoms with E-state index in [0.717, 1.165) is 43.5 Å². The van der Waals surface area contributed by atoms with Crippen molar-refractivity contribution in [2.24, 2.45) is 0 Å². The molecule has 1 aromatic heterocycles. The second-order valence-corrected chi connectivity index (χ2v) is 7.71. The number of carbonyl (C=O) groups excluding carboxylic acids is 1. The average molecular weight is 393 g/mol. The highest BCUT2D eigenvalue weighted by Gasteiger charge is 2.22. The van der Waals surface area contributed by atoms with Crippen LogP contribution in [0.1, 0.15) is 25.3 Å². The summed E-state index contributed by atoms with van der Waals surface area (Å²) in [5.41, 5.74) is 2.89. The summed E-state index contributed by atoms with van der Waals surface area (Å²) in [6, 6.07) is 18.3. The Morgan fingerprint density at radius 3 is 2.24 bits per heavy atom. The summed E-state index contributed by atoms with van der Waals surface area (Å²) in [6.07, 6.45) is 1.87. The Kier molecular flexibility index (Phi) is 5.81. The molecule has 1 aliphatic rings. The largest absolute Gasteiger partial charge is 0.352 e. The molecule has 1 N–H and O–H groups in total. The van der Waals surface area contributed by atoms with Gasteiger partial charge in [-0.25, -0.2) is 4.79 Å². The van der Waals surface area contributed by atoms with Gasteiger partial charge >= 0.3 is 5.69 Å². The third-order valence-corrected chi connectivity index (χ3v) is 5.74. The predicted molar refractivity (Wildman–Crippen MR) is 115 cm³/mol. The third-order valence-electron chi connectivity index (χ3n) is 5.74. The topological polar surface area (TPSA) is 59.3 Å². The summed E-state index contributed by atoms with van der Waals surface area (Å²) < 4.78 is 3.30. The molecule has 4 rings (SSSR count). The molecule has 0 spiro atoms. The predicted octanol–water partition coefficient (Wildman–Crippen LogP) is 2.60. The number of para-hydroxylation sites is 2. The van der Waals surface area contributed by atoms with Crippen molar-refractivity contribution in [3.8, 4) is 0 Å². The molecule has 0 saturated carbocycles. The van der Waals surface area contributed by atoms with Gasteiger partial charge in [0, 0.05) is 32.2 Å². The number of nitrogens with one attached hydrogen (secondary N) is 1. The number of imidazole rings is 1. The number of aromatic nitrogens is 2. The molecule has 0 bridgehead atoms. The first-order valence-corrected chi connectivity index (χ1v) is 10.4. The van der Waals surface area contributed by atoms with Crippen LogP contribution in [0.5, 0.6) is 0 Å². The Morgan fingerprint density at radius 2 is 1.59 bits per heavy atom. The second-order valence-electron chi connectivity index (χ2n) is 7.71. The normalized spacial score (nSPS) is 15.6. The SMILES string of the molecule is CCn1c(=O)n(CC(=O)NC2CCN(Cc3ccccc3)CC2)c2ccccc21. The number of nitrogens with zero attached hydrogens (tertiary/aromatic N) is 3. The number of carbonyl (C=O) groups is 1. The summed E-state index contributed by atoms with van der Waals surface area (Å²) in [6.45, 7) is 5.49. The highest BCUT2D eigenvalue weighted by atomic mass is 16.2. The van der Waals surface area contributed by atoms with Crippen LogP contribution in [0.25, 0.3) is 11.0 Å². The molecule has 0 unspecified atom stereocenters. The molecule has 6 heteroatoms. The van der Waals surface area contributed by atoms with Crippen LogP contribution in [0.2, 0.25) is 0 Å². The highest BCUT2D eigenvalue weighted by molar-refractivity contribution is 5.81. The van der Waals surface area contributed by atoms with Crippen LogP contribution in [-0.4, -0.2) is 39.1 Å². The van der Waals surface area contributed by atoms with Crippen molar-refractivity contribution >= 4 is 16.9 Å². The molecule has 29 heavy (non-hydrogen) atoms. The lowest BCUT2D eigenvalue weighted by Crippen LogP contribution is -2.45. The van der Waals surface area contributed by atoms with Crippen LogP contribution < -0.4 is 11.0 Å². The van der Waals surface area contributed by atoms with Crippen LogP contribution >= 0.6 is 0 Å². The molecule has 0 atom stereocenters. The smallest absolute Gasteiger partial charge is 0.329 e. The molecule has 1 aliphatic heterocycles. The van der Waals surface area contributed by atoms with E-state index in [0.29, 0.717) is 6.54 Å². The van der Waals surface area contributed by atoms with Gasteiger partial charge in [0.05, 0.1) is 11.0 Å². The minimum atomic E-state index is -0.124. The van der Waals surface area contributed by atoms with Crippen molar-refractivity contribution in [2.45, 2.75) is 45.4 Å². The molecule has 6 nitrogen and oxygen atoms in total. The van der Waals surface area contributed by atoms with E-state index in [2.05, 4.69) is 34.5 Å². The van der Waals surface area contributed by atoms with Crippen molar-refractivity contribution in [1.82, 2.24) is 19.4 Å². The van der Waals surface area contributed by atoms with E-state index in [-0.39, 0.29) is 24.2 Å². The first kappa shape index (κ1) is 19.5. The number of fused-ring (bicyclic) bond motifs is 1. The summed E-state index contributed by atoms with van der Waals surface area (Å²) in [5.74, 6) is -0.0902. The van der Waals surface area contributed by atoms with Gasteiger partial charge < -0.3 is 5.32 Å². The van der Waals surface area contributed by atoms with E-state index in [9.17, 15) is 9.59 Å². The van der Waals surface area contributed by atoms with Gasteiger partial charge in [-0.05, 0) is 37.5 Å². The number of amides is 1. The number of aryl methyl sites for hydroxylation is 1. The number of piperidine rings is 1. The van der Waals surface area contributed by atoms with Crippen LogP contribution in [0.3, 0.4) is 0 Å². The maximum absolute atomic E-state index is 12.7. The van der Waals surface area contributed by atoms with Crippen molar-refractivity contribution < 1.29 is 4.79 Å². The maximum atomic E-state index is 12.7. The van der Waals surface area contributed by atoms with Gasteiger partial charge in [-0.2, -0.15) is 0 Å². The fourth-order valence-electron chi connectivity index (χ4n) is 4.22. The van der Waals surface area contributed by atoms with E-state index in [1.807, 2.05) is 37.3 Å². The van der Waals surface area contributed by atoms with Gasteiger partial charge in [-0.3, -0.25) is 18.8 Å². The molecule has 1 amide bonds. The summed E-state index contributed by atoms with van der Waals surface area (Å²) in [7, 11) is 0. The molecular weight excluding hydrogens is 364 g/mol. The molecule has 3 aromatic rings. The van der Waals surface area contributed by atoms with Crippen LogP contribution in [0, 0.1) is 0 Å². The fraction of sp³-hybridized carbons (Fsp3) is 0.391. The average Bonchev–Trinajstić information content (AvgIpc) is 3.01. The maximum Gasteiger partial charge on any atom is 0.329 e. The molecule has 2 aromatic carbocycles. The first-order chi connectivity index (χ1) is 14.2. The zero-order valence-corrected chi connectivity index (χ0v) is 16.9. The van der Waals surface area contributed by atoms with E-state index in [1.54, 1.807) is 9.13 Å². The van der Waals surface area contributed by atoms with E-state index in [1.165, 1.54) is 5.56 Å². The zero-order valence-electron chi connectivity index (χ0n) is 16.9. The third kappa shape index (κ3) is 4.27. The lowest BCUT2D eigenvalue weighted by Gasteiger charge is -2.32. The number of hydrogen-bond acceptors (Lipinski definition) is 3. The van der Waals surface area contributed by atoms with Crippen LogP contribution in [0.15, 0.2) is 59.4 Å². The zero-order chi connectivity index (χ0) is 20.2. The quantitative estimate of drug-likeness (QED) is 0.702. The summed E-state index contributed by atoms with van der Waals surface area (Å²) >= 11 is 0.